The lowest BCUT2D eigenvalue weighted by atomic mass is 10.2. The highest BCUT2D eigenvalue weighted by molar-refractivity contribution is 7.99. The first-order valence-electron chi connectivity index (χ1n) is 5.08. The Morgan fingerprint density at radius 2 is 2.23 bits per heavy atom. The van der Waals surface area contributed by atoms with E-state index in [4.69, 9.17) is 0 Å². The molecule has 0 spiro atoms. The predicted molar refractivity (Wildman–Crippen MR) is 56.1 cm³/mol. The smallest absolute Gasteiger partial charge is 0.149 e. The normalized spacial score (nSPS) is 28.3. The van der Waals surface area contributed by atoms with Gasteiger partial charge in [0.1, 0.15) is 5.78 Å². The van der Waals surface area contributed by atoms with Gasteiger partial charge in [0.25, 0.3) is 0 Å². The number of carbonyl (C=O) groups is 1. The molecule has 0 N–H and O–H groups in total. The average molecular weight is 199 g/mol. The van der Waals surface area contributed by atoms with Crippen LogP contribution in [0.1, 0.15) is 19.3 Å². The number of carbonyl (C=O) groups excluding carboxylic acids is 1. The number of thioether (sulfide) groups is 1. The Morgan fingerprint density at radius 1 is 1.46 bits per heavy atom. The zero-order valence-electron chi connectivity index (χ0n) is 8.16. The Morgan fingerprint density at radius 3 is 2.77 bits per heavy atom. The molecule has 2 fully saturated rings. The van der Waals surface area contributed by atoms with E-state index in [1.165, 1.54) is 17.9 Å². The molecule has 2 aliphatic rings. The van der Waals surface area contributed by atoms with Gasteiger partial charge in [-0.25, -0.2) is 0 Å². The predicted octanol–water partition coefficient (Wildman–Crippen LogP) is 1.40. The summed E-state index contributed by atoms with van der Waals surface area (Å²) in [6.07, 6.45) is 3.55. The largest absolute Gasteiger partial charge is 0.298 e. The molecule has 1 heterocycles. The molecule has 2 nitrogen and oxygen atoms in total. The molecule has 13 heavy (non-hydrogen) atoms. The standard InChI is InChI=1S/C10H17NOS/c1-11(9-4-5-13-7-9)6-10(12)8-2-3-8/h8-9H,2-7H2,1H3. The fourth-order valence-corrected chi connectivity index (χ4v) is 3.08. The van der Waals surface area contributed by atoms with Crippen LogP contribution in [-0.2, 0) is 4.79 Å². The Hall–Kier alpha value is -0.0200. The monoisotopic (exact) mass is 199 g/mol. The number of Topliss-reactive ketones (excluding diaryl/α,β-unsaturated/α-hetero) is 1. The van der Waals surface area contributed by atoms with E-state index in [1.807, 2.05) is 11.8 Å². The van der Waals surface area contributed by atoms with Gasteiger partial charge in [0, 0.05) is 17.7 Å². The first kappa shape index (κ1) is 9.53. The summed E-state index contributed by atoms with van der Waals surface area (Å²) in [7, 11) is 2.09. The lowest BCUT2D eigenvalue weighted by Gasteiger charge is -2.22. The van der Waals surface area contributed by atoms with Gasteiger partial charge >= 0.3 is 0 Å². The van der Waals surface area contributed by atoms with Crippen molar-refractivity contribution in [2.45, 2.75) is 25.3 Å². The van der Waals surface area contributed by atoms with Crippen LogP contribution < -0.4 is 0 Å². The topological polar surface area (TPSA) is 20.3 Å². The van der Waals surface area contributed by atoms with Gasteiger partial charge in [0.15, 0.2) is 0 Å². The molecule has 74 valence electrons. The average Bonchev–Trinajstić information content (AvgIpc) is 2.81. The molecule has 0 bridgehead atoms. The van der Waals surface area contributed by atoms with E-state index in [9.17, 15) is 4.79 Å². The van der Waals surface area contributed by atoms with E-state index in [-0.39, 0.29) is 0 Å². The molecule has 1 aliphatic carbocycles. The number of nitrogens with zero attached hydrogens (tertiary/aromatic N) is 1. The SMILES string of the molecule is CN(CC(=O)C1CC1)C1CCSC1. The molecule has 1 saturated heterocycles. The zero-order valence-corrected chi connectivity index (χ0v) is 8.98. The van der Waals surface area contributed by atoms with E-state index in [0.29, 0.717) is 24.3 Å². The molecule has 1 unspecified atom stereocenters. The van der Waals surface area contributed by atoms with Gasteiger partial charge < -0.3 is 0 Å². The lowest BCUT2D eigenvalue weighted by molar-refractivity contribution is -0.121. The summed E-state index contributed by atoms with van der Waals surface area (Å²) >= 11 is 2.01. The van der Waals surface area contributed by atoms with Crippen LogP contribution in [0.2, 0.25) is 0 Å². The summed E-state index contributed by atoms with van der Waals surface area (Å²) in [5.74, 6) is 3.39. The van der Waals surface area contributed by atoms with Crippen LogP contribution in [0.3, 0.4) is 0 Å². The van der Waals surface area contributed by atoms with Crippen LogP contribution >= 0.6 is 11.8 Å². The van der Waals surface area contributed by atoms with Crippen LogP contribution in [0, 0.1) is 5.92 Å². The third-order valence-electron chi connectivity index (χ3n) is 2.97. The number of ketones is 1. The number of hydrogen-bond acceptors (Lipinski definition) is 3. The first-order valence-corrected chi connectivity index (χ1v) is 6.23. The summed E-state index contributed by atoms with van der Waals surface area (Å²) in [5.41, 5.74) is 0. The molecule has 2 rings (SSSR count). The molecule has 0 aromatic carbocycles. The van der Waals surface area contributed by atoms with Crippen molar-refractivity contribution in [1.29, 1.82) is 0 Å². The molecular weight excluding hydrogens is 182 g/mol. The second kappa shape index (κ2) is 4.01. The van der Waals surface area contributed by atoms with Crippen molar-refractivity contribution in [2.24, 2.45) is 5.92 Å². The van der Waals surface area contributed by atoms with E-state index in [2.05, 4.69) is 11.9 Å². The van der Waals surface area contributed by atoms with Crippen LogP contribution in [0.5, 0.6) is 0 Å². The second-order valence-electron chi connectivity index (χ2n) is 4.17. The molecule has 0 radical (unpaired) electrons. The third-order valence-corrected chi connectivity index (χ3v) is 4.11. The fraction of sp³-hybridized carbons (Fsp3) is 0.900. The number of hydrogen-bond donors (Lipinski definition) is 0. The maximum Gasteiger partial charge on any atom is 0.149 e. The summed E-state index contributed by atoms with van der Waals surface area (Å²) in [6, 6.07) is 0.660. The van der Waals surface area contributed by atoms with Crippen molar-refractivity contribution < 1.29 is 4.79 Å². The number of rotatable bonds is 4. The third kappa shape index (κ3) is 2.47. The van der Waals surface area contributed by atoms with Gasteiger partial charge in [-0.15, -0.1) is 0 Å². The van der Waals surface area contributed by atoms with Gasteiger partial charge in [-0.3, -0.25) is 9.69 Å². The summed E-state index contributed by atoms with van der Waals surface area (Å²) in [6.45, 7) is 0.690. The number of likely N-dealkylation sites (N-methyl/N-ethyl adjacent to an activating group) is 1. The zero-order chi connectivity index (χ0) is 9.26. The van der Waals surface area contributed by atoms with Crippen LogP contribution in [0.25, 0.3) is 0 Å². The highest BCUT2D eigenvalue weighted by atomic mass is 32.2. The second-order valence-corrected chi connectivity index (χ2v) is 5.32. The van der Waals surface area contributed by atoms with Gasteiger partial charge in [0.05, 0.1) is 6.54 Å². The maximum atomic E-state index is 11.5. The highest BCUT2D eigenvalue weighted by Crippen LogP contribution is 2.30. The van der Waals surface area contributed by atoms with E-state index >= 15 is 0 Å². The van der Waals surface area contributed by atoms with E-state index in [0.717, 1.165) is 12.8 Å². The molecule has 0 aromatic rings. The Balaban J connectivity index is 1.75. The van der Waals surface area contributed by atoms with Crippen LogP contribution in [0.15, 0.2) is 0 Å². The van der Waals surface area contributed by atoms with Crippen LogP contribution in [-0.4, -0.2) is 41.8 Å². The van der Waals surface area contributed by atoms with Crippen molar-refractivity contribution >= 4 is 17.5 Å². The fourth-order valence-electron chi connectivity index (χ4n) is 1.78. The minimum absolute atomic E-state index is 0.427. The van der Waals surface area contributed by atoms with E-state index < -0.39 is 0 Å². The summed E-state index contributed by atoms with van der Waals surface area (Å²) < 4.78 is 0. The summed E-state index contributed by atoms with van der Waals surface area (Å²) in [5, 5.41) is 0. The first-order chi connectivity index (χ1) is 6.27. The van der Waals surface area contributed by atoms with Crippen LogP contribution in [0.4, 0.5) is 0 Å². The molecule has 1 aliphatic heterocycles. The Bertz CT molecular complexity index is 197. The minimum atomic E-state index is 0.427. The highest BCUT2D eigenvalue weighted by Gasteiger charge is 2.31. The molecule has 0 aromatic heterocycles. The van der Waals surface area contributed by atoms with Gasteiger partial charge in [-0.1, -0.05) is 0 Å². The Labute approximate surface area is 84.1 Å². The quantitative estimate of drug-likeness (QED) is 0.682. The van der Waals surface area contributed by atoms with Gasteiger partial charge in [-0.05, 0) is 32.1 Å². The van der Waals surface area contributed by atoms with Gasteiger partial charge in [-0.2, -0.15) is 11.8 Å². The van der Waals surface area contributed by atoms with Gasteiger partial charge in [0.2, 0.25) is 0 Å². The van der Waals surface area contributed by atoms with Crippen molar-refractivity contribution in [3.05, 3.63) is 0 Å². The molecule has 3 heteroatoms. The van der Waals surface area contributed by atoms with Crippen molar-refractivity contribution in [3.63, 3.8) is 0 Å². The Kier molecular flexibility index (Phi) is 2.94. The molecule has 1 atom stereocenters. The minimum Gasteiger partial charge on any atom is -0.298 e. The molecule has 1 saturated carbocycles. The van der Waals surface area contributed by atoms with E-state index in [1.54, 1.807) is 0 Å². The maximum absolute atomic E-state index is 11.5. The molecule has 0 amide bonds. The van der Waals surface area contributed by atoms with Crippen molar-refractivity contribution in [2.75, 3.05) is 25.1 Å². The lowest BCUT2D eigenvalue weighted by Crippen LogP contribution is -2.36. The van der Waals surface area contributed by atoms with Crippen molar-refractivity contribution in [1.82, 2.24) is 4.90 Å². The summed E-state index contributed by atoms with van der Waals surface area (Å²) in [4.78, 5) is 13.8. The van der Waals surface area contributed by atoms with Crippen molar-refractivity contribution in [3.8, 4) is 0 Å². The molecular formula is C10H17NOS.